The molecule has 0 aromatic heterocycles. The van der Waals surface area contributed by atoms with E-state index in [1.807, 2.05) is 0 Å². The van der Waals surface area contributed by atoms with Gasteiger partial charge in [-0.1, -0.05) is 158 Å². The number of allylic oxidation sites excluding steroid dienone is 6. The Labute approximate surface area is 331 Å². The molecule has 1 nitrogen and oxygen atoms in total. The van der Waals surface area contributed by atoms with Crippen molar-refractivity contribution in [2.45, 2.75) is 19.3 Å². The van der Waals surface area contributed by atoms with Gasteiger partial charge >= 0.3 is 0 Å². The predicted octanol–water partition coefficient (Wildman–Crippen LogP) is 13.8. The first-order chi connectivity index (χ1) is 27.7. The highest BCUT2D eigenvalue weighted by Gasteiger charge is 2.77. The molecule has 0 bridgehead atoms. The molecule has 10 rings (SSSR count). The van der Waals surface area contributed by atoms with E-state index in [4.69, 9.17) is 0 Å². The zero-order chi connectivity index (χ0) is 37.4. The minimum Gasteiger partial charge on any atom is -0.193 e. The number of nitriles is 1. The van der Waals surface area contributed by atoms with Gasteiger partial charge in [-0.15, -0.1) is 0 Å². The lowest BCUT2D eigenvalue weighted by molar-refractivity contribution is 0.434. The second kappa shape index (κ2) is 14.6. The summed E-state index contributed by atoms with van der Waals surface area (Å²) in [5, 5.41) is 10.3. The lowest BCUT2D eigenvalue weighted by Gasteiger charge is -2.15. The van der Waals surface area contributed by atoms with Gasteiger partial charge in [-0.2, -0.15) is 5.26 Å². The average Bonchev–Trinajstić information content (AvgIpc) is 4.16. The Morgan fingerprint density at radius 1 is 0.518 bits per heavy atom. The normalized spacial score (nSPS) is 21.8. The molecule has 4 unspecified atom stereocenters. The summed E-state index contributed by atoms with van der Waals surface area (Å²) in [6.07, 6.45) is 17.0. The summed E-state index contributed by atoms with van der Waals surface area (Å²) in [6.45, 7) is 0. The van der Waals surface area contributed by atoms with Crippen LogP contribution in [0.2, 0.25) is 0 Å². The molecule has 56 heavy (non-hydrogen) atoms. The van der Waals surface area contributed by atoms with Gasteiger partial charge in [-0.3, -0.25) is 0 Å². The van der Waals surface area contributed by atoms with Crippen LogP contribution in [0, 0.1) is 40.9 Å². The molecule has 268 valence electrons. The molecule has 3 fully saturated rings. The van der Waals surface area contributed by atoms with Gasteiger partial charge in [0.25, 0.3) is 0 Å². The second-order valence-corrected chi connectivity index (χ2v) is 15.9. The van der Waals surface area contributed by atoms with Crippen molar-refractivity contribution >= 4 is 29.4 Å². The first kappa shape index (κ1) is 34.0. The molecule has 0 N–H and O–H groups in total. The smallest absolute Gasteiger partial charge is 0.0950 e. The van der Waals surface area contributed by atoms with Crippen molar-refractivity contribution in [3.8, 4) is 28.3 Å². The van der Waals surface area contributed by atoms with Crippen LogP contribution in [0.15, 0.2) is 187 Å². The fraction of sp³-hybridized carbons (Fsp3) is 0.145. The Hall–Kier alpha value is -6.49. The topological polar surface area (TPSA) is 23.8 Å². The van der Waals surface area contributed by atoms with E-state index >= 15 is 0 Å². The van der Waals surface area contributed by atoms with E-state index in [9.17, 15) is 5.26 Å². The Morgan fingerprint density at radius 2 is 1.02 bits per heavy atom. The first-order valence-electron chi connectivity index (χ1n) is 20.1. The molecule has 4 aliphatic carbocycles. The lowest BCUT2D eigenvalue weighted by Crippen LogP contribution is -2.00. The summed E-state index contributed by atoms with van der Waals surface area (Å²) >= 11 is 0. The van der Waals surface area contributed by atoms with Crippen LogP contribution < -0.4 is 0 Å². The van der Waals surface area contributed by atoms with E-state index in [1.54, 1.807) is 0 Å². The highest BCUT2D eigenvalue weighted by atomic mass is 14.8. The molecule has 0 amide bonds. The van der Waals surface area contributed by atoms with Crippen molar-refractivity contribution in [3.05, 3.63) is 220 Å². The van der Waals surface area contributed by atoms with E-state index in [-0.39, 0.29) is 0 Å². The number of fused-ring (bicyclic) bond motifs is 4. The molecule has 3 saturated carbocycles. The van der Waals surface area contributed by atoms with E-state index in [2.05, 4.69) is 200 Å². The maximum atomic E-state index is 10.3. The Morgan fingerprint density at radius 3 is 1.50 bits per heavy atom. The van der Waals surface area contributed by atoms with Crippen molar-refractivity contribution in [1.82, 2.24) is 0 Å². The van der Waals surface area contributed by atoms with Crippen LogP contribution in [0.3, 0.4) is 0 Å². The molecule has 4 aliphatic rings. The zero-order valence-electron chi connectivity index (χ0n) is 31.4. The quantitative estimate of drug-likeness (QED) is 0.102. The van der Waals surface area contributed by atoms with Crippen molar-refractivity contribution in [2.24, 2.45) is 29.6 Å². The maximum Gasteiger partial charge on any atom is 0.0950 e. The third-order valence-corrected chi connectivity index (χ3v) is 12.5. The summed E-state index contributed by atoms with van der Waals surface area (Å²) in [4.78, 5) is 0. The lowest BCUT2D eigenvalue weighted by atomic mass is 9.90. The van der Waals surface area contributed by atoms with Gasteiger partial charge in [0.05, 0.1) is 6.07 Å². The zero-order valence-corrected chi connectivity index (χ0v) is 31.4. The van der Waals surface area contributed by atoms with Crippen LogP contribution in [0.25, 0.3) is 51.6 Å². The molecule has 0 aliphatic heterocycles. The summed E-state index contributed by atoms with van der Waals surface area (Å²) in [7, 11) is 0. The molecule has 4 atom stereocenters. The molecule has 1 heteroatoms. The Bertz CT molecular complexity index is 2540. The average molecular weight is 718 g/mol. The van der Waals surface area contributed by atoms with E-state index in [1.165, 1.54) is 51.0 Å². The molecular weight excluding hydrogens is 675 g/mol. The third kappa shape index (κ3) is 6.74. The van der Waals surface area contributed by atoms with Crippen LogP contribution in [-0.4, -0.2) is 0 Å². The fourth-order valence-electron chi connectivity index (χ4n) is 9.56. The van der Waals surface area contributed by atoms with Gasteiger partial charge in [0.2, 0.25) is 0 Å². The van der Waals surface area contributed by atoms with Crippen molar-refractivity contribution in [1.29, 1.82) is 5.26 Å². The molecule has 6 aromatic rings. The summed E-state index contributed by atoms with van der Waals surface area (Å²) in [5.74, 6) is 3.76. The van der Waals surface area contributed by atoms with Gasteiger partial charge in [0.15, 0.2) is 0 Å². The monoisotopic (exact) mass is 717 g/mol. The number of nitrogens with zero attached hydrogens (tertiary/aromatic N) is 1. The Kier molecular flexibility index (Phi) is 8.89. The number of hydrogen-bond acceptors (Lipinski definition) is 1. The van der Waals surface area contributed by atoms with Gasteiger partial charge < -0.3 is 0 Å². The number of benzene rings is 6. The molecule has 0 heterocycles. The maximum absolute atomic E-state index is 10.3. The molecule has 0 radical (unpaired) electrons. The summed E-state index contributed by atoms with van der Waals surface area (Å²) in [6, 6.07) is 59.4. The minimum atomic E-state index is 0.463. The van der Waals surface area contributed by atoms with Gasteiger partial charge in [-0.05, 0) is 152 Å². The number of rotatable bonds is 10. The second-order valence-electron chi connectivity index (χ2n) is 15.9. The van der Waals surface area contributed by atoms with Crippen LogP contribution in [-0.2, 0) is 0 Å². The SMILES string of the molecule is N#C/C(=C\c1cc(-c2ccc(C=C(c3ccccc3)c3ccccc3)cc2)cc(-c2ccc(/C=C(/C3=CC=CCC3)c3ccccc3)cc2)c1)C1C2C3CC3C12. The van der Waals surface area contributed by atoms with E-state index < -0.39 is 0 Å². The van der Waals surface area contributed by atoms with E-state index in [0.29, 0.717) is 5.92 Å². The number of hydrogen-bond donors (Lipinski definition) is 0. The van der Waals surface area contributed by atoms with Gasteiger partial charge in [0.1, 0.15) is 0 Å². The fourth-order valence-corrected chi connectivity index (χ4v) is 9.56. The molecule has 0 spiro atoms. The Balaban J connectivity index is 1.00. The van der Waals surface area contributed by atoms with Crippen molar-refractivity contribution in [3.63, 3.8) is 0 Å². The first-order valence-corrected chi connectivity index (χ1v) is 20.1. The summed E-state index contributed by atoms with van der Waals surface area (Å²) < 4.78 is 0. The van der Waals surface area contributed by atoms with Gasteiger partial charge in [-0.25, -0.2) is 0 Å². The van der Waals surface area contributed by atoms with Crippen LogP contribution in [0.4, 0.5) is 0 Å². The van der Waals surface area contributed by atoms with Gasteiger partial charge in [0, 0.05) is 11.5 Å². The minimum absolute atomic E-state index is 0.463. The van der Waals surface area contributed by atoms with Crippen molar-refractivity contribution < 1.29 is 0 Å². The van der Waals surface area contributed by atoms with Crippen molar-refractivity contribution in [2.75, 3.05) is 0 Å². The molecular formula is C55H43N. The van der Waals surface area contributed by atoms with Crippen LogP contribution >= 0.6 is 0 Å². The highest BCUT2D eigenvalue weighted by molar-refractivity contribution is 5.93. The van der Waals surface area contributed by atoms with Crippen LogP contribution in [0.5, 0.6) is 0 Å². The third-order valence-electron chi connectivity index (χ3n) is 12.5. The van der Waals surface area contributed by atoms with E-state index in [0.717, 1.165) is 69.9 Å². The standard InChI is InChI=1S/C55H43N/c56-36-48(53-54-51-35-52(51)55(53)54)31-39-29-46(40-25-21-37(22-26-40)32-49(42-13-5-1-6-14-42)43-15-7-2-8-16-43)34-47(30-39)41-27-23-38(24-28-41)33-50(44-17-9-3-10-18-44)45-19-11-4-12-20-45/h1-11,13-19,21-34,51-55H,12,20,35H2/b48-31+,50-33+. The summed E-state index contributed by atoms with van der Waals surface area (Å²) in [5.41, 5.74) is 16.5. The molecule has 0 saturated heterocycles. The van der Waals surface area contributed by atoms with Crippen LogP contribution in [0.1, 0.15) is 52.6 Å². The largest absolute Gasteiger partial charge is 0.193 e. The predicted molar refractivity (Wildman–Crippen MR) is 234 cm³/mol. The highest BCUT2D eigenvalue weighted by Crippen LogP contribution is 2.81. The molecule has 6 aromatic carbocycles.